The first-order valence-corrected chi connectivity index (χ1v) is 11.1. The van der Waals surface area contributed by atoms with Gasteiger partial charge < -0.3 is 15.7 Å². The zero-order chi connectivity index (χ0) is 22.2. The molecule has 2 fully saturated rings. The van der Waals surface area contributed by atoms with Crippen LogP contribution in [0.4, 0.5) is 10.5 Å². The maximum absolute atomic E-state index is 13.3. The summed E-state index contributed by atoms with van der Waals surface area (Å²) in [6.07, 6.45) is 3.63. The van der Waals surface area contributed by atoms with E-state index in [1.54, 1.807) is 29.2 Å². The highest BCUT2D eigenvalue weighted by molar-refractivity contribution is 6.30. The molecule has 1 aliphatic heterocycles. The van der Waals surface area contributed by atoms with Gasteiger partial charge in [-0.25, -0.2) is 9.59 Å². The van der Waals surface area contributed by atoms with E-state index in [0.717, 1.165) is 36.4 Å². The van der Waals surface area contributed by atoms with E-state index in [1.165, 1.54) is 5.56 Å². The van der Waals surface area contributed by atoms with Crippen molar-refractivity contribution in [2.24, 2.45) is 5.73 Å². The van der Waals surface area contributed by atoms with Gasteiger partial charge in [-0.1, -0.05) is 23.7 Å². The highest BCUT2D eigenvalue weighted by Crippen LogP contribution is 2.42. The van der Waals surface area contributed by atoms with Crippen molar-refractivity contribution in [2.45, 2.75) is 50.1 Å². The van der Waals surface area contributed by atoms with Gasteiger partial charge in [-0.3, -0.25) is 4.90 Å². The lowest BCUT2D eigenvalue weighted by Crippen LogP contribution is -2.46. The first kappa shape index (κ1) is 21.7. The summed E-state index contributed by atoms with van der Waals surface area (Å²) in [6, 6.07) is 14.7. The number of carboxylic acids is 1. The lowest BCUT2D eigenvalue weighted by Gasteiger charge is -2.42. The van der Waals surface area contributed by atoms with Crippen molar-refractivity contribution in [2.75, 3.05) is 18.0 Å². The zero-order valence-corrected chi connectivity index (χ0v) is 18.4. The topological polar surface area (TPSA) is 86.9 Å². The van der Waals surface area contributed by atoms with Crippen LogP contribution in [0, 0.1) is 0 Å². The average Bonchev–Trinajstić information content (AvgIpc) is 3.07. The van der Waals surface area contributed by atoms with Gasteiger partial charge in [-0.05, 0) is 74.6 Å². The van der Waals surface area contributed by atoms with E-state index in [9.17, 15) is 9.59 Å². The number of urea groups is 1. The molecule has 2 aromatic carbocycles. The van der Waals surface area contributed by atoms with Crippen LogP contribution in [0.25, 0.3) is 0 Å². The summed E-state index contributed by atoms with van der Waals surface area (Å²) in [5.74, 6) is -0.973. The third-order valence-corrected chi connectivity index (χ3v) is 7.16. The molecule has 2 aromatic rings. The Hall–Kier alpha value is -2.57. The quantitative estimate of drug-likeness (QED) is 0.714. The molecule has 4 rings (SSSR count). The number of hydrogen-bond acceptors (Lipinski definition) is 3. The van der Waals surface area contributed by atoms with Crippen LogP contribution in [0.1, 0.15) is 48.5 Å². The summed E-state index contributed by atoms with van der Waals surface area (Å²) in [5, 5.41) is 9.84. The fourth-order valence-corrected chi connectivity index (χ4v) is 5.29. The van der Waals surface area contributed by atoms with E-state index in [-0.39, 0.29) is 29.1 Å². The molecule has 2 aliphatic rings. The lowest BCUT2D eigenvalue weighted by atomic mass is 9.68. The van der Waals surface area contributed by atoms with Crippen LogP contribution >= 0.6 is 11.6 Å². The molecule has 0 unspecified atom stereocenters. The number of anilines is 1. The van der Waals surface area contributed by atoms with Crippen LogP contribution in [0.15, 0.2) is 48.5 Å². The van der Waals surface area contributed by atoms with E-state index in [4.69, 9.17) is 22.4 Å². The van der Waals surface area contributed by atoms with Crippen molar-refractivity contribution >= 4 is 29.3 Å². The van der Waals surface area contributed by atoms with Gasteiger partial charge in [0.15, 0.2) is 0 Å². The molecule has 0 bridgehead atoms. The van der Waals surface area contributed by atoms with Gasteiger partial charge >= 0.3 is 12.0 Å². The number of amides is 2. The molecule has 164 valence electrons. The Morgan fingerprint density at radius 3 is 2.45 bits per heavy atom. The molecule has 3 N–H and O–H groups in total. The molecular weight excluding hydrogens is 414 g/mol. The van der Waals surface area contributed by atoms with Gasteiger partial charge in [-0.15, -0.1) is 0 Å². The molecular formula is C24H28ClN3O3. The number of aromatic carboxylic acids is 1. The van der Waals surface area contributed by atoms with Gasteiger partial charge in [0.1, 0.15) is 0 Å². The fraction of sp³-hybridized carbons (Fsp3) is 0.417. The second-order valence-corrected chi connectivity index (χ2v) is 9.17. The largest absolute Gasteiger partial charge is 0.478 e. The Bertz CT molecular complexity index is 970. The van der Waals surface area contributed by atoms with Crippen molar-refractivity contribution in [3.63, 3.8) is 0 Å². The number of benzene rings is 2. The van der Waals surface area contributed by atoms with E-state index >= 15 is 0 Å². The van der Waals surface area contributed by atoms with Gasteiger partial charge in [0.05, 0.1) is 11.6 Å². The maximum atomic E-state index is 13.3. The molecule has 0 spiro atoms. The van der Waals surface area contributed by atoms with Crippen LogP contribution in [0.5, 0.6) is 0 Å². The van der Waals surface area contributed by atoms with Crippen LogP contribution in [-0.4, -0.2) is 47.2 Å². The highest BCUT2D eigenvalue weighted by atomic mass is 35.5. The van der Waals surface area contributed by atoms with Crippen molar-refractivity contribution in [1.82, 2.24) is 4.90 Å². The summed E-state index contributed by atoms with van der Waals surface area (Å²) in [4.78, 5) is 28.1. The minimum atomic E-state index is -0.973. The summed E-state index contributed by atoms with van der Waals surface area (Å²) in [5.41, 5.74) is 8.26. The summed E-state index contributed by atoms with van der Waals surface area (Å²) < 4.78 is 0. The normalized spacial score (nSPS) is 26.4. The smallest absolute Gasteiger partial charge is 0.335 e. The molecule has 1 atom stereocenters. The Kier molecular flexibility index (Phi) is 5.95. The Balaban J connectivity index is 1.47. The Morgan fingerprint density at radius 2 is 1.87 bits per heavy atom. The number of halogens is 1. The molecule has 2 amide bonds. The zero-order valence-electron chi connectivity index (χ0n) is 17.6. The van der Waals surface area contributed by atoms with E-state index in [1.807, 2.05) is 30.0 Å². The molecule has 31 heavy (non-hydrogen) atoms. The molecule has 0 radical (unpaired) electrons. The van der Waals surface area contributed by atoms with E-state index in [0.29, 0.717) is 13.1 Å². The molecule has 1 heterocycles. The van der Waals surface area contributed by atoms with Gasteiger partial charge in [0.2, 0.25) is 0 Å². The Morgan fingerprint density at radius 1 is 1.19 bits per heavy atom. The molecule has 6 nitrogen and oxygen atoms in total. The van der Waals surface area contributed by atoms with Gasteiger partial charge in [0.25, 0.3) is 0 Å². The van der Waals surface area contributed by atoms with Crippen molar-refractivity contribution in [3.05, 3.63) is 64.7 Å². The average molecular weight is 442 g/mol. The monoisotopic (exact) mass is 441 g/mol. The van der Waals surface area contributed by atoms with Crippen LogP contribution in [0.3, 0.4) is 0 Å². The highest BCUT2D eigenvalue weighted by Gasteiger charge is 2.43. The van der Waals surface area contributed by atoms with Gasteiger partial charge in [0, 0.05) is 35.3 Å². The third-order valence-electron chi connectivity index (χ3n) is 6.93. The Labute approximate surface area is 187 Å². The number of hydrogen-bond donors (Lipinski definition) is 2. The number of nitrogens with two attached hydrogens (primary N) is 1. The summed E-state index contributed by atoms with van der Waals surface area (Å²) in [7, 11) is 0. The summed E-state index contributed by atoms with van der Waals surface area (Å²) in [6.45, 7) is 3.26. The van der Waals surface area contributed by atoms with Crippen molar-refractivity contribution in [1.29, 1.82) is 0 Å². The number of carboxylic acid groups (broad SMARTS) is 1. The number of carbonyl (C=O) groups is 2. The minimum Gasteiger partial charge on any atom is -0.478 e. The molecule has 0 aromatic heterocycles. The predicted octanol–water partition coefficient (Wildman–Crippen LogP) is 4.51. The SMILES string of the molecule is C[C@@H]1CN(C2CCC(CN)(c3cccc(Cl)c3)CC2)C(=O)N1c1ccc(C(=O)O)cc1. The predicted molar refractivity (Wildman–Crippen MR) is 122 cm³/mol. The molecule has 7 heteroatoms. The van der Waals surface area contributed by atoms with Crippen LogP contribution in [-0.2, 0) is 5.41 Å². The number of rotatable bonds is 5. The standard InChI is InChI=1S/C24H28ClN3O3/c1-16-14-27(23(31)28(16)21-7-5-17(6-8-21)22(29)30)20-9-11-24(15-26,12-10-20)18-3-2-4-19(25)13-18/h2-8,13,16,20H,9-12,14-15,26H2,1H3,(H,29,30)/t16-,20?,24?/m1/s1. The lowest BCUT2D eigenvalue weighted by molar-refractivity contribution is 0.0697. The van der Waals surface area contributed by atoms with Crippen molar-refractivity contribution in [3.8, 4) is 0 Å². The second-order valence-electron chi connectivity index (χ2n) is 8.73. The van der Waals surface area contributed by atoms with Gasteiger partial charge in [-0.2, -0.15) is 0 Å². The molecule has 1 saturated carbocycles. The minimum absolute atomic E-state index is 0.0106. The van der Waals surface area contributed by atoms with E-state index in [2.05, 4.69) is 6.07 Å². The second kappa shape index (κ2) is 8.52. The van der Waals surface area contributed by atoms with E-state index < -0.39 is 5.97 Å². The fourth-order valence-electron chi connectivity index (χ4n) is 5.10. The van der Waals surface area contributed by atoms with Crippen molar-refractivity contribution < 1.29 is 14.7 Å². The summed E-state index contributed by atoms with van der Waals surface area (Å²) >= 11 is 6.22. The van der Waals surface area contributed by atoms with Crippen LogP contribution < -0.4 is 10.6 Å². The number of nitrogens with zero attached hydrogens (tertiary/aromatic N) is 2. The molecule has 1 saturated heterocycles. The third kappa shape index (κ3) is 4.02. The number of carbonyl (C=O) groups excluding carboxylic acids is 1. The molecule has 1 aliphatic carbocycles. The first-order chi connectivity index (χ1) is 14.8. The first-order valence-electron chi connectivity index (χ1n) is 10.7. The van der Waals surface area contributed by atoms with Crippen LogP contribution in [0.2, 0.25) is 5.02 Å². The maximum Gasteiger partial charge on any atom is 0.335 e.